The summed E-state index contributed by atoms with van der Waals surface area (Å²) in [5, 5.41) is 8.62. The summed E-state index contributed by atoms with van der Waals surface area (Å²) in [6.45, 7) is 0. The topological polar surface area (TPSA) is 101 Å². The van der Waals surface area contributed by atoms with Gasteiger partial charge in [-0.3, -0.25) is 9.59 Å². The van der Waals surface area contributed by atoms with Crippen molar-refractivity contribution in [3.05, 3.63) is 53.1 Å². The summed E-state index contributed by atoms with van der Waals surface area (Å²) in [7, 11) is 0. The fourth-order valence-electron chi connectivity index (χ4n) is 2.49. The number of halogens is 1. The molecule has 1 atom stereocenters. The molecule has 25 heavy (non-hydrogen) atoms. The Hall–Kier alpha value is -2.51. The Labute approximate surface area is 152 Å². The first kappa shape index (κ1) is 17.3. The van der Waals surface area contributed by atoms with E-state index >= 15 is 0 Å². The molecule has 2 aromatic rings. The molecule has 0 radical (unpaired) electrons. The van der Waals surface area contributed by atoms with Crippen molar-refractivity contribution >= 4 is 52.5 Å². The van der Waals surface area contributed by atoms with Gasteiger partial charge in [0.2, 0.25) is 11.8 Å². The van der Waals surface area contributed by atoms with Crippen LogP contribution < -0.4 is 10.6 Å². The van der Waals surface area contributed by atoms with Gasteiger partial charge in [0.15, 0.2) is 0 Å². The highest BCUT2D eigenvalue weighted by Crippen LogP contribution is 2.35. The minimum absolute atomic E-state index is 0.0406. The van der Waals surface area contributed by atoms with Crippen molar-refractivity contribution in [3.8, 4) is 0 Å². The summed E-state index contributed by atoms with van der Waals surface area (Å²) in [6.07, 6.45) is 0.0406. The molecule has 1 saturated heterocycles. The molecule has 2 aromatic carbocycles. The number of hydrogen-bond acceptors (Lipinski definition) is 5. The molecule has 3 rings (SSSR count). The third kappa shape index (κ3) is 3.47. The molecule has 0 aliphatic carbocycles. The Morgan fingerprint density at radius 2 is 1.88 bits per heavy atom. The Morgan fingerprint density at radius 1 is 1.20 bits per heavy atom. The van der Waals surface area contributed by atoms with Gasteiger partial charge in [0, 0.05) is 17.0 Å². The van der Waals surface area contributed by atoms with Crippen LogP contribution >= 0.6 is 23.4 Å². The Morgan fingerprint density at radius 3 is 2.52 bits per heavy atom. The van der Waals surface area contributed by atoms with Crippen LogP contribution in [0.3, 0.4) is 0 Å². The summed E-state index contributed by atoms with van der Waals surface area (Å²) in [6, 6.07) is 11.1. The zero-order valence-electron chi connectivity index (χ0n) is 12.8. The van der Waals surface area contributed by atoms with Gasteiger partial charge < -0.3 is 10.8 Å². The number of benzene rings is 2. The summed E-state index contributed by atoms with van der Waals surface area (Å²) < 4.78 is 0. The van der Waals surface area contributed by atoms with Crippen molar-refractivity contribution in [3.63, 3.8) is 0 Å². The van der Waals surface area contributed by atoms with Crippen molar-refractivity contribution < 1.29 is 19.5 Å². The van der Waals surface area contributed by atoms with Crippen LogP contribution in [0.5, 0.6) is 0 Å². The van der Waals surface area contributed by atoms with E-state index in [1.54, 1.807) is 24.3 Å². The molecule has 0 spiro atoms. The predicted molar refractivity (Wildman–Crippen MR) is 96.0 cm³/mol. The third-order valence-corrected chi connectivity index (χ3v) is 5.23. The number of hydrogen-bond donors (Lipinski definition) is 2. The molecule has 0 saturated carbocycles. The maximum absolute atomic E-state index is 12.6. The van der Waals surface area contributed by atoms with Crippen LogP contribution in [0.1, 0.15) is 16.8 Å². The van der Waals surface area contributed by atoms with E-state index < -0.39 is 11.2 Å². The number of nitrogens with two attached hydrogens (primary N) is 1. The maximum Gasteiger partial charge on any atom is 0.337 e. The molecule has 1 aliphatic rings. The number of nitrogens with zero attached hydrogens (tertiary/aromatic N) is 1. The van der Waals surface area contributed by atoms with Gasteiger partial charge in [0.25, 0.3) is 0 Å². The van der Waals surface area contributed by atoms with Gasteiger partial charge >= 0.3 is 5.97 Å². The van der Waals surface area contributed by atoms with Gasteiger partial charge in [-0.1, -0.05) is 11.6 Å². The first-order chi connectivity index (χ1) is 11.9. The van der Waals surface area contributed by atoms with Crippen molar-refractivity contribution in [1.29, 1.82) is 0 Å². The summed E-state index contributed by atoms with van der Waals surface area (Å²) in [5.41, 5.74) is 6.30. The van der Waals surface area contributed by atoms with Crippen LogP contribution in [0.15, 0.2) is 47.4 Å². The van der Waals surface area contributed by atoms with Crippen molar-refractivity contribution in [2.45, 2.75) is 16.6 Å². The molecule has 0 aromatic heterocycles. The molecule has 3 N–H and O–H groups in total. The fraction of sp³-hybridized carbons (Fsp3) is 0.118. The van der Waals surface area contributed by atoms with E-state index in [-0.39, 0.29) is 34.5 Å². The van der Waals surface area contributed by atoms with Crippen LogP contribution in [0.4, 0.5) is 11.4 Å². The minimum Gasteiger partial charge on any atom is -0.478 e. The quantitative estimate of drug-likeness (QED) is 0.628. The highest BCUT2D eigenvalue weighted by Gasteiger charge is 2.40. The molecule has 6 nitrogen and oxygen atoms in total. The van der Waals surface area contributed by atoms with Crippen LogP contribution in [-0.2, 0) is 9.59 Å². The van der Waals surface area contributed by atoms with Crippen molar-refractivity contribution in [1.82, 2.24) is 0 Å². The number of carbonyl (C=O) groups is 3. The van der Waals surface area contributed by atoms with Crippen molar-refractivity contribution in [2.75, 3.05) is 10.6 Å². The average Bonchev–Trinajstić information content (AvgIpc) is 2.84. The van der Waals surface area contributed by atoms with Crippen molar-refractivity contribution in [2.24, 2.45) is 0 Å². The number of imide groups is 1. The molecule has 1 unspecified atom stereocenters. The summed E-state index contributed by atoms with van der Waals surface area (Å²) >= 11 is 7.11. The SMILES string of the molecule is Nc1ccc(SC2CC(=O)N(c3ccc(Cl)c(C(=O)O)c3)C2=O)cc1. The van der Waals surface area contributed by atoms with E-state index in [4.69, 9.17) is 22.4 Å². The number of nitrogen functional groups attached to an aromatic ring is 1. The summed E-state index contributed by atoms with van der Waals surface area (Å²) in [5.74, 6) is -1.99. The second-order valence-electron chi connectivity index (χ2n) is 5.42. The van der Waals surface area contributed by atoms with Gasteiger partial charge in [-0.2, -0.15) is 0 Å². The largest absolute Gasteiger partial charge is 0.478 e. The molecule has 8 heteroatoms. The first-order valence-electron chi connectivity index (χ1n) is 7.28. The number of rotatable bonds is 4. The first-order valence-corrected chi connectivity index (χ1v) is 8.54. The number of carboxylic acid groups (broad SMARTS) is 1. The van der Waals surface area contributed by atoms with E-state index in [1.807, 2.05) is 0 Å². The predicted octanol–water partition coefficient (Wildman–Crippen LogP) is 3.04. The molecule has 2 amide bonds. The third-order valence-electron chi connectivity index (χ3n) is 3.70. The lowest BCUT2D eigenvalue weighted by molar-refractivity contribution is -0.121. The minimum atomic E-state index is -1.22. The van der Waals surface area contributed by atoms with E-state index in [9.17, 15) is 14.4 Å². The second kappa shape index (κ2) is 6.78. The number of anilines is 2. The van der Waals surface area contributed by atoms with Crippen LogP contribution in [-0.4, -0.2) is 28.1 Å². The van der Waals surface area contributed by atoms with Gasteiger partial charge in [-0.15, -0.1) is 11.8 Å². The molecule has 128 valence electrons. The second-order valence-corrected chi connectivity index (χ2v) is 7.10. The van der Waals surface area contributed by atoms with Gasteiger partial charge in [0.05, 0.1) is 21.5 Å². The maximum atomic E-state index is 12.6. The number of carbonyl (C=O) groups excluding carboxylic acids is 2. The lowest BCUT2D eigenvalue weighted by Gasteiger charge is -2.16. The van der Waals surface area contributed by atoms with Gasteiger partial charge in [-0.05, 0) is 42.5 Å². The Bertz CT molecular complexity index is 869. The number of amides is 2. The normalized spacial score (nSPS) is 17.2. The standard InChI is InChI=1S/C17H13ClN2O4S/c18-13-6-3-10(7-12(13)17(23)24)20-15(21)8-14(16(20)22)25-11-4-1-9(19)2-5-11/h1-7,14H,8,19H2,(H,23,24). The highest BCUT2D eigenvalue weighted by molar-refractivity contribution is 8.00. The van der Waals surface area contributed by atoms with Gasteiger partial charge in [-0.25, -0.2) is 9.69 Å². The van der Waals surface area contributed by atoms with Gasteiger partial charge in [0.1, 0.15) is 0 Å². The van der Waals surface area contributed by atoms with Crippen LogP contribution in [0, 0.1) is 0 Å². The molecule has 1 fully saturated rings. The lowest BCUT2D eigenvalue weighted by atomic mass is 10.2. The molecular formula is C17H13ClN2O4S. The zero-order valence-corrected chi connectivity index (χ0v) is 14.4. The summed E-state index contributed by atoms with van der Waals surface area (Å²) in [4.78, 5) is 38.0. The van der Waals surface area contributed by atoms with E-state index in [0.717, 1.165) is 9.80 Å². The Kier molecular flexibility index (Phi) is 4.69. The lowest BCUT2D eigenvalue weighted by Crippen LogP contribution is -2.31. The molecule has 1 aliphatic heterocycles. The van der Waals surface area contributed by atoms with E-state index in [0.29, 0.717) is 5.69 Å². The molecular weight excluding hydrogens is 364 g/mol. The zero-order chi connectivity index (χ0) is 18.1. The Balaban J connectivity index is 1.85. The monoisotopic (exact) mass is 376 g/mol. The molecule has 0 bridgehead atoms. The smallest absolute Gasteiger partial charge is 0.337 e. The van der Waals surface area contributed by atoms with Crippen LogP contribution in [0.2, 0.25) is 5.02 Å². The van der Waals surface area contributed by atoms with E-state index in [2.05, 4.69) is 0 Å². The average molecular weight is 377 g/mol. The van der Waals surface area contributed by atoms with Crippen LogP contribution in [0.25, 0.3) is 0 Å². The molecule has 1 heterocycles. The number of carboxylic acids is 1. The van der Waals surface area contributed by atoms with E-state index in [1.165, 1.54) is 30.0 Å². The number of aromatic carboxylic acids is 1. The highest BCUT2D eigenvalue weighted by atomic mass is 35.5. The number of thioether (sulfide) groups is 1. The fourth-order valence-corrected chi connectivity index (χ4v) is 3.75.